The lowest BCUT2D eigenvalue weighted by Crippen LogP contribution is -2.35. The number of aliphatic hydroxyl groups is 2. The van der Waals surface area contributed by atoms with E-state index in [0.717, 1.165) is 19.3 Å². The zero-order valence-corrected chi connectivity index (χ0v) is 17.4. The standard InChI is InChI=1S/C20H39F2O3P/c1-3-5-7-8-9-10-15-16(18(25-26)14-17(15)23)11-12-19(24)20(21,22)13-6-4-2/h15-19,23-24H,3-14,26H2,1-2H3/t15-,16-,17+,18-,19?/m1/s1/i26T/t15-,16-,17+,18-,19?,26?. The number of aliphatic hydroxyl groups excluding tert-OH is 2. The van der Waals surface area contributed by atoms with Gasteiger partial charge in [0, 0.05) is 22.3 Å². The summed E-state index contributed by atoms with van der Waals surface area (Å²) in [5.41, 5.74) is 0. The molecule has 0 radical (unpaired) electrons. The van der Waals surface area contributed by atoms with Gasteiger partial charge in [0.1, 0.15) is 6.10 Å². The molecule has 26 heavy (non-hydrogen) atoms. The van der Waals surface area contributed by atoms with E-state index in [4.69, 9.17) is 5.80 Å². The molecule has 2 N–H and O–H groups in total. The maximum atomic E-state index is 14.1. The second-order valence-electron chi connectivity index (χ2n) is 7.95. The van der Waals surface area contributed by atoms with Crippen LogP contribution in [-0.2, 0) is 4.52 Å². The minimum Gasteiger partial charge on any atom is -0.393 e. The minimum atomic E-state index is -3.06. The third-order valence-electron chi connectivity index (χ3n) is 5.91. The quantitative estimate of drug-likeness (QED) is 0.283. The molecule has 156 valence electrons. The molecule has 0 spiro atoms. The highest BCUT2D eigenvalue weighted by atomic mass is 31.0. The Labute approximate surface area is 161 Å². The monoisotopic (exact) mass is 398 g/mol. The van der Waals surface area contributed by atoms with Gasteiger partial charge >= 0.3 is 0 Å². The second-order valence-corrected chi connectivity index (χ2v) is 8.18. The van der Waals surface area contributed by atoms with E-state index in [1.165, 1.54) is 19.3 Å². The molecular weight excluding hydrogens is 357 g/mol. The molecule has 0 aliphatic heterocycles. The van der Waals surface area contributed by atoms with Crippen LogP contribution in [0.1, 0.15) is 90.9 Å². The molecule has 1 aliphatic rings. The average molecular weight is 399 g/mol. The summed E-state index contributed by atoms with van der Waals surface area (Å²) in [6.07, 6.45) is 5.85. The first-order valence-corrected chi connectivity index (χ1v) is 10.8. The molecule has 2 unspecified atom stereocenters. The summed E-state index contributed by atoms with van der Waals surface area (Å²) in [6, 6.07) is 0. The Morgan fingerprint density at radius 1 is 1.12 bits per heavy atom. The Balaban J connectivity index is 2.60. The van der Waals surface area contributed by atoms with Crippen LogP contribution in [0.25, 0.3) is 0 Å². The number of hydrogen-bond acceptors (Lipinski definition) is 3. The summed E-state index contributed by atoms with van der Waals surface area (Å²) < 4.78 is 41.0. The van der Waals surface area contributed by atoms with Crippen LogP contribution < -0.4 is 0 Å². The Hall–Kier alpha value is 0.170. The first-order valence-electron chi connectivity index (χ1n) is 10.9. The summed E-state index contributed by atoms with van der Waals surface area (Å²) in [5, 5.41) is 20.5. The lowest BCUT2D eigenvalue weighted by molar-refractivity contribution is -0.119. The number of unbranched alkanes of at least 4 members (excludes halogenated alkanes) is 5. The van der Waals surface area contributed by atoms with Crippen molar-refractivity contribution in [2.45, 2.75) is 115 Å². The molecule has 1 aliphatic carbocycles. The van der Waals surface area contributed by atoms with E-state index in [1.54, 1.807) is 0 Å². The smallest absolute Gasteiger partial charge is 0.273 e. The molecule has 1 saturated carbocycles. The minimum absolute atomic E-state index is 0.0153. The highest BCUT2D eigenvalue weighted by Crippen LogP contribution is 2.42. The van der Waals surface area contributed by atoms with E-state index in [2.05, 4.69) is 6.92 Å². The highest BCUT2D eigenvalue weighted by molar-refractivity contribution is 7.09. The van der Waals surface area contributed by atoms with Crippen LogP contribution in [0.4, 0.5) is 8.78 Å². The zero-order valence-electron chi connectivity index (χ0n) is 17.4. The molecule has 0 heterocycles. The average Bonchev–Trinajstić information content (AvgIpc) is 2.92. The van der Waals surface area contributed by atoms with Crippen LogP contribution in [0.5, 0.6) is 0 Å². The van der Waals surface area contributed by atoms with Crippen LogP contribution in [0, 0.1) is 11.8 Å². The van der Waals surface area contributed by atoms with Gasteiger partial charge in [-0.1, -0.05) is 52.4 Å². The summed E-state index contributed by atoms with van der Waals surface area (Å²) in [4.78, 5) is 0. The molecule has 0 aromatic carbocycles. The van der Waals surface area contributed by atoms with Crippen molar-refractivity contribution < 1.29 is 23.5 Å². The van der Waals surface area contributed by atoms with Gasteiger partial charge in [-0.25, -0.2) is 8.78 Å². The van der Waals surface area contributed by atoms with Crippen molar-refractivity contribution in [1.82, 2.24) is 0 Å². The van der Waals surface area contributed by atoms with Crippen molar-refractivity contribution in [3.8, 4) is 0 Å². The molecular formula is C20H39F2O3P. The van der Waals surface area contributed by atoms with Crippen LogP contribution in [0.2, 0.25) is 0 Å². The Kier molecular flexibility index (Phi) is 10.9. The Bertz CT molecular complexity index is 390. The summed E-state index contributed by atoms with van der Waals surface area (Å²) in [5.74, 6) is -3.10. The van der Waals surface area contributed by atoms with Gasteiger partial charge in [0.05, 0.1) is 13.5 Å². The van der Waals surface area contributed by atoms with Crippen molar-refractivity contribution in [2.75, 3.05) is 0 Å². The van der Waals surface area contributed by atoms with Gasteiger partial charge in [-0.2, -0.15) is 0 Å². The number of alkyl halides is 2. The van der Waals surface area contributed by atoms with E-state index in [-0.39, 0.29) is 30.8 Å². The molecule has 0 aromatic heterocycles. The van der Waals surface area contributed by atoms with E-state index in [9.17, 15) is 19.0 Å². The largest absolute Gasteiger partial charge is 0.393 e. The van der Waals surface area contributed by atoms with Crippen LogP contribution >= 0.6 is 9.41 Å². The zero-order chi connectivity index (χ0) is 20.3. The van der Waals surface area contributed by atoms with Gasteiger partial charge in [-0.15, -0.1) is 0 Å². The summed E-state index contributed by atoms with van der Waals surface area (Å²) in [6.45, 7) is 4.03. The van der Waals surface area contributed by atoms with Crippen molar-refractivity contribution in [1.29, 1.82) is 1.28 Å². The van der Waals surface area contributed by atoms with Gasteiger partial charge < -0.3 is 14.7 Å². The van der Waals surface area contributed by atoms with E-state index < -0.39 is 27.5 Å². The molecule has 1 rings (SSSR count). The van der Waals surface area contributed by atoms with Crippen molar-refractivity contribution >= 4 is 9.41 Å². The molecule has 0 amide bonds. The Morgan fingerprint density at radius 3 is 2.46 bits per heavy atom. The summed E-state index contributed by atoms with van der Waals surface area (Å²) >= 11 is 0. The molecule has 1 fully saturated rings. The van der Waals surface area contributed by atoms with Gasteiger partial charge in [0.15, 0.2) is 0 Å². The fraction of sp³-hybridized carbons (Fsp3) is 1.00. The molecule has 3 nitrogen and oxygen atoms in total. The fourth-order valence-electron chi connectivity index (χ4n) is 4.21. The second kappa shape index (κ2) is 12.6. The molecule has 0 saturated heterocycles. The predicted octanol–water partition coefficient (Wildman–Crippen LogP) is 5.49. The van der Waals surface area contributed by atoms with Crippen LogP contribution in [0.15, 0.2) is 0 Å². The summed E-state index contributed by atoms with van der Waals surface area (Å²) in [7, 11) is -0.425. The van der Waals surface area contributed by atoms with Gasteiger partial charge in [-0.3, -0.25) is 0 Å². The third-order valence-corrected chi connectivity index (χ3v) is 6.22. The van der Waals surface area contributed by atoms with Crippen LogP contribution in [-0.4, -0.2) is 35.7 Å². The number of rotatable bonds is 15. The SMILES string of the molecule is [3H]PO[C@@H]1C[C@H](O)[C@H](CCCCCCC)[C@H]1CCC(O)C(F)(F)CCCC. The fourth-order valence-corrected chi connectivity index (χ4v) is 4.49. The van der Waals surface area contributed by atoms with E-state index in [1.807, 2.05) is 6.92 Å². The van der Waals surface area contributed by atoms with Crippen molar-refractivity contribution in [2.24, 2.45) is 11.8 Å². The van der Waals surface area contributed by atoms with Gasteiger partial charge in [-0.05, 0) is 37.5 Å². The molecule has 6 heteroatoms. The third kappa shape index (κ3) is 7.66. The maximum Gasteiger partial charge on any atom is 0.273 e. The Morgan fingerprint density at radius 2 is 1.81 bits per heavy atom. The molecule has 0 aromatic rings. The maximum absolute atomic E-state index is 14.1. The molecule has 0 bridgehead atoms. The topological polar surface area (TPSA) is 49.7 Å². The lowest BCUT2D eigenvalue weighted by atomic mass is 9.84. The van der Waals surface area contributed by atoms with Crippen molar-refractivity contribution in [3.05, 3.63) is 0 Å². The lowest BCUT2D eigenvalue weighted by Gasteiger charge is -2.28. The van der Waals surface area contributed by atoms with Crippen molar-refractivity contribution in [3.63, 3.8) is 0 Å². The normalized spacial score (nSPS) is 28.8. The van der Waals surface area contributed by atoms with Gasteiger partial charge in [0.2, 0.25) is 0 Å². The van der Waals surface area contributed by atoms with Crippen LogP contribution in [0.3, 0.4) is 0 Å². The predicted molar refractivity (Wildman–Crippen MR) is 105 cm³/mol. The van der Waals surface area contributed by atoms with E-state index >= 15 is 0 Å². The van der Waals surface area contributed by atoms with Gasteiger partial charge in [0.25, 0.3) is 5.92 Å². The highest BCUT2D eigenvalue weighted by Gasteiger charge is 2.44. The molecule has 6 atom stereocenters. The first-order chi connectivity index (χ1) is 12.9. The number of halogens is 2. The first kappa shape index (κ1) is 22.5. The van der Waals surface area contributed by atoms with E-state index in [0.29, 0.717) is 25.7 Å². The number of hydrogen-bond donors (Lipinski definition) is 2.